The monoisotopic (exact) mass is 140 g/mol. The lowest BCUT2D eigenvalue weighted by molar-refractivity contribution is -0.113. The molecule has 0 bridgehead atoms. The lowest BCUT2D eigenvalue weighted by Crippen LogP contribution is -2.00. The first kappa shape index (κ1) is 8.95. The van der Waals surface area contributed by atoms with Crippen LogP contribution in [0.3, 0.4) is 0 Å². The van der Waals surface area contributed by atoms with E-state index in [0.717, 1.165) is 0 Å². The molecule has 0 radical (unpaired) electrons. The molecule has 0 saturated carbocycles. The second-order valence-corrected chi connectivity index (χ2v) is 2.30. The van der Waals surface area contributed by atoms with E-state index in [-0.39, 0.29) is 11.5 Å². The topological polar surface area (TPSA) is 37.3 Å². The number of carbonyl (C=O) groups is 1. The van der Waals surface area contributed by atoms with E-state index in [1.165, 1.54) is 13.8 Å². The van der Waals surface area contributed by atoms with Crippen molar-refractivity contribution in [3.8, 4) is 0 Å². The summed E-state index contributed by atoms with van der Waals surface area (Å²) in [6.45, 7) is 8.13. The Balaban J connectivity index is 4.79. The van der Waals surface area contributed by atoms with E-state index in [2.05, 4.69) is 6.58 Å². The number of aliphatic hydroxyl groups is 1. The number of carbonyl (C=O) groups excluding carboxylic acids is 1. The number of hydrogen-bond acceptors (Lipinski definition) is 2. The Kier molecular flexibility index (Phi) is 2.87. The third-order valence-electron chi connectivity index (χ3n) is 1.14. The molecule has 2 heteroatoms. The van der Waals surface area contributed by atoms with Gasteiger partial charge in [-0.25, -0.2) is 0 Å². The molecular formula is C8H12O2. The van der Waals surface area contributed by atoms with Crippen LogP contribution in [0.25, 0.3) is 0 Å². The second kappa shape index (κ2) is 3.20. The van der Waals surface area contributed by atoms with E-state index in [1.807, 2.05) is 0 Å². The number of Topliss-reactive ketones (excluding diaryl/α,β-unsaturated/α-hetero) is 1. The van der Waals surface area contributed by atoms with Crippen molar-refractivity contribution < 1.29 is 9.90 Å². The fourth-order valence-electron chi connectivity index (χ4n) is 0.864. The van der Waals surface area contributed by atoms with Gasteiger partial charge in [0.05, 0.1) is 5.57 Å². The van der Waals surface area contributed by atoms with Crippen LogP contribution in [0, 0.1) is 0 Å². The first-order chi connectivity index (χ1) is 4.46. The first-order valence-electron chi connectivity index (χ1n) is 3.03. The Labute approximate surface area is 60.9 Å². The largest absolute Gasteiger partial charge is 0.512 e. The molecule has 0 heterocycles. The van der Waals surface area contributed by atoms with Gasteiger partial charge < -0.3 is 5.11 Å². The Morgan fingerprint density at radius 2 is 1.70 bits per heavy atom. The van der Waals surface area contributed by atoms with Gasteiger partial charge in [-0.2, -0.15) is 0 Å². The Bertz CT molecular complexity index is 179. The third-order valence-corrected chi connectivity index (χ3v) is 1.14. The van der Waals surface area contributed by atoms with E-state index in [9.17, 15) is 4.79 Å². The molecular weight excluding hydrogens is 128 g/mol. The standard InChI is InChI=1S/C8H12O2/c1-5(2)8(6(3)9)7(4)10/h9H,1H2,2-4H3/b8-6-. The molecule has 0 aliphatic carbocycles. The van der Waals surface area contributed by atoms with Crippen LogP contribution in [-0.2, 0) is 4.79 Å². The summed E-state index contributed by atoms with van der Waals surface area (Å²) < 4.78 is 0. The van der Waals surface area contributed by atoms with Gasteiger partial charge in [0.25, 0.3) is 0 Å². The van der Waals surface area contributed by atoms with E-state index in [0.29, 0.717) is 11.1 Å². The van der Waals surface area contributed by atoms with Crippen LogP contribution in [0.4, 0.5) is 0 Å². The van der Waals surface area contributed by atoms with Crippen LogP contribution >= 0.6 is 0 Å². The lowest BCUT2D eigenvalue weighted by Gasteiger charge is -2.01. The predicted octanol–water partition coefficient (Wildman–Crippen LogP) is 1.98. The summed E-state index contributed by atoms with van der Waals surface area (Å²) >= 11 is 0. The Hall–Kier alpha value is -1.05. The van der Waals surface area contributed by atoms with Crippen LogP contribution in [0.15, 0.2) is 23.5 Å². The average molecular weight is 140 g/mol. The molecule has 10 heavy (non-hydrogen) atoms. The minimum Gasteiger partial charge on any atom is -0.512 e. The highest BCUT2D eigenvalue weighted by Gasteiger charge is 2.07. The maximum atomic E-state index is 10.7. The molecule has 0 aliphatic heterocycles. The van der Waals surface area contributed by atoms with Gasteiger partial charge in [-0.05, 0) is 26.3 Å². The van der Waals surface area contributed by atoms with E-state index >= 15 is 0 Å². The fraction of sp³-hybridized carbons (Fsp3) is 0.375. The van der Waals surface area contributed by atoms with Gasteiger partial charge in [0, 0.05) is 0 Å². The molecule has 0 aromatic rings. The summed E-state index contributed by atoms with van der Waals surface area (Å²) in [6.07, 6.45) is 0. The van der Waals surface area contributed by atoms with Gasteiger partial charge in [0.15, 0.2) is 5.78 Å². The van der Waals surface area contributed by atoms with Gasteiger partial charge in [0.2, 0.25) is 0 Å². The molecule has 0 rings (SSSR count). The van der Waals surface area contributed by atoms with Crippen molar-refractivity contribution in [1.29, 1.82) is 0 Å². The number of allylic oxidation sites excluding steroid dienone is 3. The summed E-state index contributed by atoms with van der Waals surface area (Å²) in [5.74, 6) is -0.104. The third kappa shape index (κ3) is 2.05. The average Bonchev–Trinajstić information content (AvgIpc) is 1.59. The maximum Gasteiger partial charge on any atom is 0.163 e. The maximum absolute atomic E-state index is 10.7. The van der Waals surface area contributed by atoms with Gasteiger partial charge in [0.1, 0.15) is 5.76 Å². The van der Waals surface area contributed by atoms with Crippen LogP contribution in [-0.4, -0.2) is 10.9 Å². The smallest absolute Gasteiger partial charge is 0.163 e. The second-order valence-electron chi connectivity index (χ2n) is 2.30. The fourth-order valence-corrected chi connectivity index (χ4v) is 0.864. The summed E-state index contributed by atoms with van der Waals surface area (Å²) in [5.41, 5.74) is 0.938. The number of rotatable bonds is 2. The van der Waals surface area contributed by atoms with Crippen molar-refractivity contribution in [3.05, 3.63) is 23.5 Å². The zero-order chi connectivity index (χ0) is 8.31. The van der Waals surface area contributed by atoms with Crippen molar-refractivity contribution in [1.82, 2.24) is 0 Å². The molecule has 2 nitrogen and oxygen atoms in total. The number of hydrogen-bond donors (Lipinski definition) is 1. The zero-order valence-electron chi connectivity index (χ0n) is 6.56. The van der Waals surface area contributed by atoms with Crippen molar-refractivity contribution >= 4 is 5.78 Å². The van der Waals surface area contributed by atoms with Gasteiger partial charge in [-0.1, -0.05) is 6.58 Å². The predicted molar refractivity (Wildman–Crippen MR) is 40.8 cm³/mol. The summed E-state index contributed by atoms with van der Waals surface area (Å²) in [5, 5.41) is 8.95. The van der Waals surface area contributed by atoms with Crippen LogP contribution in [0.1, 0.15) is 20.8 Å². The Morgan fingerprint density at radius 1 is 1.30 bits per heavy atom. The molecule has 0 aliphatic rings. The van der Waals surface area contributed by atoms with Gasteiger partial charge in [-0.3, -0.25) is 4.79 Å². The molecule has 0 fully saturated rings. The quantitative estimate of drug-likeness (QED) is 0.362. The van der Waals surface area contributed by atoms with Crippen LogP contribution in [0.2, 0.25) is 0 Å². The summed E-state index contributed by atoms with van der Waals surface area (Å²) in [6, 6.07) is 0. The molecule has 0 unspecified atom stereocenters. The molecule has 0 spiro atoms. The van der Waals surface area contributed by atoms with Crippen molar-refractivity contribution in [2.75, 3.05) is 0 Å². The molecule has 1 N–H and O–H groups in total. The minimum absolute atomic E-state index is 0.0417. The molecule has 0 aromatic carbocycles. The van der Waals surface area contributed by atoms with Gasteiger partial charge >= 0.3 is 0 Å². The van der Waals surface area contributed by atoms with E-state index in [1.54, 1.807) is 6.92 Å². The van der Waals surface area contributed by atoms with Crippen molar-refractivity contribution in [3.63, 3.8) is 0 Å². The molecule has 0 atom stereocenters. The zero-order valence-corrected chi connectivity index (χ0v) is 6.56. The lowest BCUT2D eigenvalue weighted by atomic mass is 10.1. The SMILES string of the molecule is C=C(C)/C(C(C)=O)=C(\C)O. The molecule has 0 saturated heterocycles. The number of aliphatic hydroxyl groups excluding tert-OH is 1. The normalized spacial score (nSPS) is 12.3. The van der Waals surface area contributed by atoms with Crippen molar-refractivity contribution in [2.24, 2.45) is 0 Å². The van der Waals surface area contributed by atoms with E-state index < -0.39 is 0 Å². The van der Waals surface area contributed by atoms with Crippen LogP contribution < -0.4 is 0 Å². The Morgan fingerprint density at radius 3 is 1.70 bits per heavy atom. The number of ketones is 1. The summed E-state index contributed by atoms with van der Waals surface area (Å²) in [7, 11) is 0. The van der Waals surface area contributed by atoms with E-state index in [4.69, 9.17) is 5.11 Å². The first-order valence-corrected chi connectivity index (χ1v) is 3.03. The minimum atomic E-state index is -0.146. The van der Waals surface area contributed by atoms with Crippen molar-refractivity contribution in [2.45, 2.75) is 20.8 Å². The molecule has 0 aromatic heterocycles. The highest BCUT2D eigenvalue weighted by Crippen LogP contribution is 2.11. The molecule has 0 amide bonds. The van der Waals surface area contributed by atoms with Crippen LogP contribution in [0.5, 0.6) is 0 Å². The van der Waals surface area contributed by atoms with Gasteiger partial charge in [-0.15, -0.1) is 0 Å². The summed E-state index contributed by atoms with van der Waals surface area (Å²) in [4.78, 5) is 10.7. The highest BCUT2D eigenvalue weighted by atomic mass is 16.3. The molecule has 56 valence electrons. The highest BCUT2D eigenvalue weighted by molar-refractivity contribution is 5.97.